The highest BCUT2D eigenvalue weighted by molar-refractivity contribution is 5.95. The second-order valence-corrected chi connectivity index (χ2v) is 9.76. The summed E-state index contributed by atoms with van der Waals surface area (Å²) in [7, 11) is 2.76. The van der Waals surface area contributed by atoms with Gasteiger partial charge in [0.15, 0.2) is 6.29 Å². The smallest absolute Gasteiger partial charge is 0.346 e. The maximum Gasteiger partial charge on any atom is 0.346 e. The first-order chi connectivity index (χ1) is 20.0. The predicted octanol–water partition coefficient (Wildman–Crippen LogP) is -1.59. The molecule has 0 saturated carbocycles. The molecular weight excluding hydrogens is 564 g/mol. The molecule has 2 fully saturated rings. The van der Waals surface area contributed by atoms with Crippen molar-refractivity contribution in [1.29, 1.82) is 0 Å². The van der Waals surface area contributed by atoms with Gasteiger partial charge >= 0.3 is 5.97 Å². The van der Waals surface area contributed by atoms with Crippen LogP contribution in [-0.4, -0.2) is 124 Å². The lowest BCUT2D eigenvalue weighted by Crippen LogP contribution is -2.60. The second-order valence-electron chi connectivity index (χ2n) is 9.76. The Morgan fingerprint density at radius 3 is 2.29 bits per heavy atom. The molecule has 2 heterocycles. The maximum absolute atomic E-state index is 12.9. The van der Waals surface area contributed by atoms with Gasteiger partial charge in [-0.2, -0.15) is 0 Å². The van der Waals surface area contributed by atoms with Gasteiger partial charge < -0.3 is 68.9 Å². The average molecular weight is 599 g/mol. The van der Waals surface area contributed by atoms with Gasteiger partial charge in [0.1, 0.15) is 71.3 Å². The Hall–Kier alpha value is -3.25. The zero-order valence-corrected chi connectivity index (χ0v) is 22.7. The van der Waals surface area contributed by atoms with Crippen molar-refractivity contribution in [2.45, 2.75) is 55.3 Å². The third-order valence-electron chi connectivity index (χ3n) is 6.95. The molecule has 0 radical (unpaired) electrons. The molecule has 0 amide bonds. The SMILES string of the molecule is COc1cccc(OC)c1C(=O)OCc1cc(O)ccc1O[C@@H]1O[C@H](CO[C@@H]2OC[C@](O)(CO)[C@H]2O)[C@@H](O)[C@H](O)[C@H]1O. The summed E-state index contributed by atoms with van der Waals surface area (Å²) in [5.41, 5.74) is -1.75. The summed E-state index contributed by atoms with van der Waals surface area (Å²) < 4.78 is 37.9. The van der Waals surface area contributed by atoms with Crippen LogP contribution in [0.15, 0.2) is 36.4 Å². The van der Waals surface area contributed by atoms with Crippen LogP contribution in [0.2, 0.25) is 0 Å². The van der Waals surface area contributed by atoms with Crippen LogP contribution in [0.25, 0.3) is 0 Å². The highest BCUT2D eigenvalue weighted by atomic mass is 16.7. The molecule has 0 bridgehead atoms. The van der Waals surface area contributed by atoms with Crippen LogP contribution in [0, 0.1) is 0 Å². The number of carbonyl (C=O) groups excluding carboxylic acids is 1. The number of aromatic hydroxyl groups is 1. The minimum atomic E-state index is -1.94. The van der Waals surface area contributed by atoms with Crippen molar-refractivity contribution in [3.8, 4) is 23.0 Å². The van der Waals surface area contributed by atoms with Gasteiger partial charge in [0.25, 0.3) is 0 Å². The van der Waals surface area contributed by atoms with Crippen LogP contribution in [0.4, 0.5) is 0 Å². The lowest BCUT2D eigenvalue weighted by Gasteiger charge is -2.40. The number of carbonyl (C=O) groups is 1. The van der Waals surface area contributed by atoms with Crippen LogP contribution < -0.4 is 14.2 Å². The Balaban J connectivity index is 1.46. The Morgan fingerprint density at radius 2 is 1.67 bits per heavy atom. The first-order valence-electron chi connectivity index (χ1n) is 12.8. The highest BCUT2D eigenvalue weighted by Crippen LogP contribution is 2.33. The number of phenolic OH excluding ortho intramolecular Hbond substituents is 1. The number of ether oxygens (including phenoxy) is 7. The molecular formula is C27H34O15. The normalized spacial score (nSPS) is 31.0. The summed E-state index contributed by atoms with van der Waals surface area (Å²) in [5.74, 6) is -0.561. The lowest BCUT2D eigenvalue weighted by atomic mass is 9.99. The zero-order valence-electron chi connectivity index (χ0n) is 22.7. The quantitative estimate of drug-likeness (QED) is 0.145. The molecule has 2 saturated heterocycles. The second kappa shape index (κ2) is 13.4. The van der Waals surface area contributed by atoms with Crippen molar-refractivity contribution in [3.63, 3.8) is 0 Å². The highest BCUT2D eigenvalue weighted by Gasteiger charge is 2.50. The van der Waals surface area contributed by atoms with Gasteiger partial charge in [-0.1, -0.05) is 6.07 Å². The van der Waals surface area contributed by atoms with Gasteiger partial charge in [-0.15, -0.1) is 0 Å². The monoisotopic (exact) mass is 598 g/mol. The van der Waals surface area contributed by atoms with E-state index in [0.29, 0.717) is 0 Å². The molecule has 0 aromatic heterocycles. The summed E-state index contributed by atoms with van der Waals surface area (Å²) in [6.45, 7) is -2.08. The van der Waals surface area contributed by atoms with Crippen molar-refractivity contribution in [2.75, 3.05) is 34.0 Å². The molecule has 2 aromatic carbocycles. The summed E-state index contributed by atoms with van der Waals surface area (Å²) in [6.07, 6.45) is -11.0. The first-order valence-corrected chi connectivity index (χ1v) is 12.8. The van der Waals surface area contributed by atoms with E-state index in [9.17, 15) is 40.5 Å². The van der Waals surface area contributed by atoms with Gasteiger partial charge in [0, 0.05) is 5.56 Å². The van der Waals surface area contributed by atoms with E-state index in [1.165, 1.54) is 32.4 Å². The van der Waals surface area contributed by atoms with E-state index in [-0.39, 0.29) is 34.1 Å². The van der Waals surface area contributed by atoms with Crippen molar-refractivity contribution in [1.82, 2.24) is 0 Å². The van der Waals surface area contributed by atoms with E-state index in [4.69, 9.17) is 33.2 Å². The Labute approximate surface area is 239 Å². The number of phenols is 1. The minimum absolute atomic E-state index is 0.00228. The van der Waals surface area contributed by atoms with Gasteiger partial charge in [-0.3, -0.25) is 0 Å². The molecule has 0 aliphatic carbocycles. The van der Waals surface area contributed by atoms with Crippen LogP contribution in [0.3, 0.4) is 0 Å². The van der Waals surface area contributed by atoms with Gasteiger partial charge in [0.05, 0.1) is 34.0 Å². The maximum atomic E-state index is 12.9. The molecule has 8 atom stereocenters. The average Bonchev–Trinajstić information content (AvgIpc) is 3.29. The number of hydrogen-bond acceptors (Lipinski definition) is 15. The molecule has 0 unspecified atom stereocenters. The van der Waals surface area contributed by atoms with Crippen molar-refractivity contribution in [2.24, 2.45) is 0 Å². The number of rotatable bonds is 11. The van der Waals surface area contributed by atoms with E-state index in [1.54, 1.807) is 18.2 Å². The fraction of sp³-hybridized carbons (Fsp3) is 0.519. The summed E-state index contributed by atoms with van der Waals surface area (Å²) >= 11 is 0. The first kappa shape index (κ1) is 31.7. The van der Waals surface area contributed by atoms with Crippen molar-refractivity contribution < 1.29 is 73.7 Å². The number of esters is 1. The van der Waals surface area contributed by atoms with Crippen LogP contribution in [0.1, 0.15) is 15.9 Å². The molecule has 42 heavy (non-hydrogen) atoms. The minimum Gasteiger partial charge on any atom is -0.508 e. The van der Waals surface area contributed by atoms with E-state index in [1.807, 2.05) is 0 Å². The van der Waals surface area contributed by atoms with Gasteiger partial charge in [0.2, 0.25) is 6.29 Å². The molecule has 7 N–H and O–H groups in total. The summed E-state index contributed by atoms with van der Waals surface area (Å²) in [6, 6.07) is 8.58. The van der Waals surface area contributed by atoms with E-state index >= 15 is 0 Å². The van der Waals surface area contributed by atoms with Gasteiger partial charge in [-0.05, 0) is 30.3 Å². The summed E-state index contributed by atoms with van der Waals surface area (Å²) in [5, 5.41) is 71.0. The Bertz CT molecular complexity index is 1200. The van der Waals surface area contributed by atoms with Gasteiger partial charge in [-0.25, -0.2) is 4.79 Å². The van der Waals surface area contributed by atoms with E-state index in [2.05, 4.69) is 0 Å². The lowest BCUT2D eigenvalue weighted by molar-refractivity contribution is -0.289. The Kier molecular flexibility index (Phi) is 10.1. The van der Waals surface area contributed by atoms with Crippen LogP contribution in [0.5, 0.6) is 23.0 Å². The van der Waals surface area contributed by atoms with Crippen LogP contribution in [-0.2, 0) is 25.6 Å². The molecule has 2 aliphatic heterocycles. The Morgan fingerprint density at radius 1 is 0.976 bits per heavy atom. The predicted molar refractivity (Wildman–Crippen MR) is 138 cm³/mol. The topological polar surface area (TPSA) is 223 Å². The molecule has 2 aliphatic rings. The van der Waals surface area contributed by atoms with E-state index < -0.39 is 81.1 Å². The summed E-state index contributed by atoms with van der Waals surface area (Å²) in [4.78, 5) is 12.9. The molecule has 4 rings (SSSR count). The van der Waals surface area contributed by atoms with Crippen LogP contribution >= 0.6 is 0 Å². The largest absolute Gasteiger partial charge is 0.508 e. The number of aliphatic hydroxyl groups is 6. The number of aliphatic hydroxyl groups excluding tert-OH is 5. The zero-order chi connectivity index (χ0) is 30.6. The number of hydrogen-bond donors (Lipinski definition) is 7. The third-order valence-corrected chi connectivity index (χ3v) is 6.95. The number of benzene rings is 2. The molecule has 0 spiro atoms. The molecule has 15 heteroatoms. The molecule has 15 nitrogen and oxygen atoms in total. The van der Waals surface area contributed by atoms with Crippen molar-refractivity contribution >= 4 is 5.97 Å². The standard InChI is InChI=1S/C27H34O15/c1-36-16-4-3-5-17(37-2)19(16)24(34)38-9-13-8-14(29)6-7-15(13)41-25-22(32)21(31)20(30)18(42-25)10-39-26-23(33)27(35,11-28)12-40-26/h3-8,18,20-23,25-26,28-33,35H,9-12H2,1-2H3/t18-,20-,21+,22-,23+,25-,26-,27-/m1/s1. The molecule has 2 aromatic rings. The third kappa shape index (κ3) is 6.54. The fourth-order valence-corrected chi connectivity index (χ4v) is 4.46. The number of methoxy groups -OCH3 is 2. The fourth-order valence-electron chi connectivity index (χ4n) is 4.46. The molecule has 232 valence electrons. The van der Waals surface area contributed by atoms with E-state index in [0.717, 1.165) is 0 Å². The van der Waals surface area contributed by atoms with Crippen molar-refractivity contribution in [3.05, 3.63) is 47.5 Å².